The number of methoxy groups -OCH3 is 3. The van der Waals surface area contributed by atoms with Gasteiger partial charge in [-0.3, -0.25) is 0 Å². The highest BCUT2D eigenvalue weighted by atomic mass is 32.2. The molecule has 1 aromatic carbocycles. The fourth-order valence-corrected chi connectivity index (χ4v) is 3.53. The summed E-state index contributed by atoms with van der Waals surface area (Å²) >= 11 is 0. The Hall–Kier alpha value is -2.06. The molecule has 0 aromatic heterocycles. The second-order valence-electron chi connectivity index (χ2n) is 5.77. The first-order valence-electron chi connectivity index (χ1n) is 7.70. The Kier molecular flexibility index (Phi) is 7.44. The Morgan fingerprint density at radius 1 is 1.12 bits per heavy atom. The highest BCUT2D eigenvalue weighted by molar-refractivity contribution is 7.89. The van der Waals surface area contributed by atoms with Gasteiger partial charge in [-0.15, -0.1) is 0 Å². The Labute approximate surface area is 149 Å². The lowest BCUT2D eigenvalue weighted by Gasteiger charge is -2.20. The highest BCUT2D eigenvalue weighted by Crippen LogP contribution is 2.36. The number of rotatable bonds is 8. The molecule has 0 heterocycles. The third kappa shape index (κ3) is 5.47. The number of carbonyl (C=O) groups is 1. The third-order valence-electron chi connectivity index (χ3n) is 3.71. The standard InChI is InChI=1S/C17H25NO6S/c1-11(2)12(3)18-25(20,21)15-10-13(7-8-16(19)23-5)9-14(22-4)17(15)24-6/h7-12,18H,1-6H3/b8-7+/t12-/m0/s1. The van der Waals surface area contributed by atoms with Gasteiger partial charge in [0.05, 0.1) is 21.3 Å². The molecule has 0 aliphatic carbocycles. The quantitative estimate of drug-likeness (QED) is 0.556. The van der Waals surface area contributed by atoms with E-state index in [1.807, 2.05) is 13.8 Å². The molecule has 1 aromatic rings. The normalized spacial score (nSPS) is 13.1. The molecule has 0 unspecified atom stereocenters. The van der Waals surface area contributed by atoms with Crippen molar-refractivity contribution in [2.45, 2.75) is 31.7 Å². The summed E-state index contributed by atoms with van der Waals surface area (Å²) in [5, 5.41) is 0. The van der Waals surface area contributed by atoms with E-state index < -0.39 is 16.0 Å². The second-order valence-corrected chi connectivity index (χ2v) is 7.45. The minimum absolute atomic E-state index is 0.0636. The Bertz CT molecular complexity index is 740. The van der Waals surface area contributed by atoms with E-state index in [1.165, 1.54) is 39.5 Å². The van der Waals surface area contributed by atoms with E-state index >= 15 is 0 Å². The molecule has 25 heavy (non-hydrogen) atoms. The van der Waals surface area contributed by atoms with Gasteiger partial charge < -0.3 is 14.2 Å². The van der Waals surface area contributed by atoms with Gasteiger partial charge in [0.1, 0.15) is 4.90 Å². The molecule has 1 rings (SSSR count). The average molecular weight is 371 g/mol. The fourth-order valence-electron chi connectivity index (χ4n) is 1.92. The molecular formula is C17H25NO6S. The Morgan fingerprint density at radius 2 is 1.76 bits per heavy atom. The number of hydrogen-bond acceptors (Lipinski definition) is 6. The molecule has 7 nitrogen and oxygen atoms in total. The lowest BCUT2D eigenvalue weighted by Crippen LogP contribution is -2.36. The van der Waals surface area contributed by atoms with Gasteiger partial charge in [0.2, 0.25) is 10.0 Å². The van der Waals surface area contributed by atoms with Gasteiger partial charge in [0.25, 0.3) is 0 Å². The fraction of sp³-hybridized carbons (Fsp3) is 0.471. The van der Waals surface area contributed by atoms with Crippen LogP contribution in [-0.4, -0.2) is 41.8 Å². The van der Waals surface area contributed by atoms with E-state index in [1.54, 1.807) is 13.0 Å². The summed E-state index contributed by atoms with van der Waals surface area (Å²) in [7, 11) is 0.183. The van der Waals surface area contributed by atoms with Crippen molar-refractivity contribution in [1.29, 1.82) is 0 Å². The molecule has 0 radical (unpaired) electrons. The molecular weight excluding hydrogens is 346 g/mol. The van der Waals surface area contributed by atoms with Crippen molar-refractivity contribution in [3.8, 4) is 11.5 Å². The number of ether oxygens (including phenoxy) is 3. The van der Waals surface area contributed by atoms with Gasteiger partial charge >= 0.3 is 5.97 Å². The van der Waals surface area contributed by atoms with Crippen LogP contribution in [0.15, 0.2) is 23.1 Å². The van der Waals surface area contributed by atoms with Gasteiger partial charge in [0, 0.05) is 12.1 Å². The summed E-state index contributed by atoms with van der Waals surface area (Å²) in [4.78, 5) is 11.2. The lowest BCUT2D eigenvalue weighted by atomic mass is 10.1. The molecule has 0 bridgehead atoms. The van der Waals surface area contributed by atoms with E-state index in [4.69, 9.17) is 9.47 Å². The van der Waals surface area contributed by atoms with Crippen molar-refractivity contribution in [3.63, 3.8) is 0 Å². The summed E-state index contributed by atoms with van der Waals surface area (Å²) in [6.45, 7) is 5.62. The van der Waals surface area contributed by atoms with E-state index in [0.717, 1.165) is 0 Å². The van der Waals surface area contributed by atoms with Gasteiger partial charge in [0.15, 0.2) is 11.5 Å². The summed E-state index contributed by atoms with van der Waals surface area (Å²) in [5.74, 6) is -0.0934. The van der Waals surface area contributed by atoms with Crippen molar-refractivity contribution in [2.24, 2.45) is 5.92 Å². The number of esters is 1. The number of sulfonamides is 1. The molecule has 0 aliphatic rings. The molecule has 0 spiro atoms. The molecule has 0 saturated heterocycles. The van der Waals surface area contributed by atoms with Crippen LogP contribution in [0.5, 0.6) is 11.5 Å². The number of carbonyl (C=O) groups excluding carboxylic acids is 1. The van der Waals surface area contributed by atoms with Crippen LogP contribution in [0, 0.1) is 5.92 Å². The van der Waals surface area contributed by atoms with E-state index in [2.05, 4.69) is 9.46 Å². The molecule has 1 atom stereocenters. The SMILES string of the molecule is COC(=O)/C=C/c1cc(OC)c(OC)c(S(=O)(=O)N[C@@H](C)C(C)C)c1. The highest BCUT2D eigenvalue weighted by Gasteiger charge is 2.26. The molecule has 0 saturated carbocycles. The average Bonchev–Trinajstić information content (AvgIpc) is 2.57. The Morgan fingerprint density at radius 3 is 2.24 bits per heavy atom. The van der Waals surface area contributed by atoms with Crippen molar-refractivity contribution < 1.29 is 27.4 Å². The van der Waals surface area contributed by atoms with Gasteiger partial charge in [-0.25, -0.2) is 17.9 Å². The van der Waals surface area contributed by atoms with Crippen LogP contribution in [0.1, 0.15) is 26.3 Å². The van der Waals surface area contributed by atoms with Crippen LogP contribution in [0.2, 0.25) is 0 Å². The molecule has 0 aliphatic heterocycles. The molecule has 0 amide bonds. The van der Waals surface area contributed by atoms with E-state index in [9.17, 15) is 13.2 Å². The van der Waals surface area contributed by atoms with Gasteiger partial charge in [-0.05, 0) is 36.6 Å². The third-order valence-corrected chi connectivity index (χ3v) is 5.28. The van der Waals surface area contributed by atoms with Crippen LogP contribution in [0.4, 0.5) is 0 Å². The first-order valence-corrected chi connectivity index (χ1v) is 9.19. The monoisotopic (exact) mass is 371 g/mol. The van der Waals surface area contributed by atoms with E-state index in [-0.39, 0.29) is 28.4 Å². The van der Waals surface area contributed by atoms with Crippen molar-refractivity contribution >= 4 is 22.1 Å². The molecule has 140 valence electrons. The number of nitrogens with one attached hydrogen (secondary N) is 1. The summed E-state index contributed by atoms with van der Waals surface area (Å²) in [6, 6.07) is 2.72. The first kappa shape index (κ1) is 21.0. The van der Waals surface area contributed by atoms with Crippen LogP contribution in [-0.2, 0) is 19.6 Å². The van der Waals surface area contributed by atoms with E-state index in [0.29, 0.717) is 5.56 Å². The molecule has 1 N–H and O–H groups in total. The van der Waals surface area contributed by atoms with Crippen LogP contribution >= 0.6 is 0 Å². The lowest BCUT2D eigenvalue weighted by molar-refractivity contribution is -0.134. The zero-order valence-electron chi connectivity index (χ0n) is 15.3. The van der Waals surface area contributed by atoms with Crippen molar-refractivity contribution in [1.82, 2.24) is 4.72 Å². The zero-order valence-corrected chi connectivity index (χ0v) is 16.1. The number of benzene rings is 1. The van der Waals surface area contributed by atoms with Crippen LogP contribution in [0.25, 0.3) is 6.08 Å². The molecule has 8 heteroatoms. The first-order chi connectivity index (χ1) is 11.7. The maximum absolute atomic E-state index is 12.8. The largest absolute Gasteiger partial charge is 0.493 e. The van der Waals surface area contributed by atoms with Crippen LogP contribution in [0.3, 0.4) is 0 Å². The van der Waals surface area contributed by atoms with Crippen molar-refractivity contribution in [3.05, 3.63) is 23.8 Å². The van der Waals surface area contributed by atoms with Gasteiger partial charge in [-0.2, -0.15) is 0 Å². The minimum Gasteiger partial charge on any atom is -0.493 e. The van der Waals surface area contributed by atoms with Gasteiger partial charge in [-0.1, -0.05) is 13.8 Å². The van der Waals surface area contributed by atoms with Crippen molar-refractivity contribution in [2.75, 3.05) is 21.3 Å². The second kappa shape index (κ2) is 8.87. The predicted octanol–water partition coefficient (Wildman–Crippen LogP) is 2.21. The smallest absolute Gasteiger partial charge is 0.330 e. The maximum atomic E-state index is 12.8. The van der Waals surface area contributed by atoms with Crippen LogP contribution < -0.4 is 14.2 Å². The zero-order chi connectivity index (χ0) is 19.2. The Balaban J connectivity index is 3.45. The summed E-state index contributed by atoms with van der Waals surface area (Å²) < 4.78 is 43.2. The topological polar surface area (TPSA) is 90.9 Å². The summed E-state index contributed by atoms with van der Waals surface area (Å²) in [6.07, 6.45) is 2.64. The number of hydrogen-bond donors (Lipinski definition) is 1. The maximum Gasteiger partial charge on any atom is 0.330 e. The minimum atomic E-state index is -3.85. The molecule has 0 fully saturated rings. The summed E-state index contributed by atoms with van der Waals surface area (Å²) in [5.41, 5.74) is 0.459. The predicted molar refractivity (Wildman–Crippen MR) is 95.2 cm³/mol.